The van der Waals surface area contributed by atoms with Crippen LogP contribution in [0.1, 0.15) is 11.1 Å². The van der Waals surface area contributed by atoms with Crippen molar-refractivity contribution in [3.8, 4) is 77.9 Å². The van der Waals surface area contributed by atoms with Gasteiger partial charge in [-0.2, -0.15) is 0 Å². The highest BCUT2D eigenvalue weighted by Crippen LogP contribution is 2.49. The lowest BCUT2D eigenvalue weighted by atomic mass is 9.69. The van der Waals surface area contributed by atoms with Gasteiger partial charge in [-0.05, 0) is 186 Å². The highest BCUT2D eigenvalue weighted by atomic mass is 14.4. The molecule has 0 radical (unpaired) electrons. The minimum absolute atomic E-state index is 0.163. The first-order chi connectivity index (χ1) is 47.7. The molecular weight excluding hydrogens is 1150 g/mol. The molecule has 2 aliphatic carbocycles. The van der Waals surface area contributed by atoms with Gasteiger partial charge in [0.25, 0.3) is 0 Å². The molecule has 0 nitrogen and oxygen atoms in total. The van der Waals surface area contributed by atoms with Gasteiger partial charge in [-0.3, -0.25) is 0 Å². The van der Waals surface area contributed by atoms with E-state index in [-0.39, 0.29) is 11.8 Å². The van der Waals surface area contributed by atoms with Crippen molar-refractivity contribution >= 4 is 86.6 Å². The van der Waals surface area contributed by atoms with Gasteiger partial charge >= 0.3 is 0 Å². The molecular formula is C96H62. The van der Waals surface area contributed by atoms with Crippen LogP contribution in [0.15, 0.2) is 364 Å². The van der Waals surface area contributed by atoms with E-state index in [1.54, 1.807) is 0 Å². The van der Waals surface area contributed by atoms with Gasteiger partial charge in [-0.25, -0.2) is 0 Å². The van der Waals surface area contributed by atoms with Crippen molar-refractivity contribution in [3.05, 3.63) is 386 Å². The van der Waals surface area contributed by atoms with Crippen LogP contribution >= 0.6 is 0 Å². The molecule has 17 aromatic carbocycles. The summed E-state index contributed by atoms with van der Waals surface area (Å²) in [6.45, 7) is 0. The van der Waals surface area contributed by atoms with E-state index in [0.29, 0.717) is 0 Å². The molecule has 19 rings (SSSR count). The first-order valence-corrected chi connectivity index (χ1v) is 33.6. The van der Waals surface area contributed by atoms with Gasteiger partial charge in [-0.15, -0.1) is 0 Å². The second kappa shape index (κ2) is 22.8. The molecule has 0 N–H and O–H groups in total. The predicted octanol–water partition coefficient (Wildman–Crippen LogP) is 24.2. The van der Waals surface area contributed by atoms with Crippen molar-refractivity contribution < 1.29 is 0 Å². The molecule has 0 fully saturated rings. The largest absolute Gasteiger partial charge is 0.0760 e. The molecule has 0 spiro atoms. The SMILES string of the molecule is C1=CC2C(c3ccc(-c4cccc5ccccc45)cc3)=c3ccccc3=C(c3ccc(-c4ccc(-c5ccc(-c6ccc(-c7ccc(-c8c9ccccc9c(-c9cccc%10ccccc9%10)c9ccccc89)cc7)c7ccccc67)c6ccccc56)cc4)c4ccccc34)C2C=C1. The summed E-state index contributed by atoms with van der Waals surface area (Å²) in [5.74, 6) is 0.341. The summed E-state index contributed by atoms with van der Waals surface area (Å²) in [6.07, 6.45) is 9.36. The van der Waals surface area contributed by atoms with E-state index in [1.165, 1.54) is 186 Å². The summed E-state index contributed by atoms with van der Waals surface area (Å²) < 4.78 is 0. The van der Waals surface area contributed by atoms with Crippen LogP contribution in [0.25, 0.3) is 164 Å². The highest BCUT2D eigenvalue weighted by Gasteiger charge is 2.33. The molecule has 96 heavy (non-hydrogen) atoms. The molecule has 0 saturated carbocycles. The molecule has 0 saturated heterocycles. The molecule has 0 aliphatic heterocycles. The summed E-state index contributed by atoms with van der Waals surface area (Å²) in [7, 11) is 0. The summed E-state index contributed by atoms with van der Waals surface area (Å²) >= 11 is 0. The van der Waals surface area contributed by atoms with E-state index in [9.17, 15) is 0 Å². The lowest BCUT2D eigenvalue weighted by Gasteiger charge is -2.34. The number of rotatable bonds is 9. The Balaban J connectivity index is 0.651. The fourth-order valence-electron chi connectivity index (χ4n) is 16.6. The number of hydrogen-bond acceptors (Lipinski definition) is 0. The number of allylic oxidation sites excluding steroid dienone is 4. The van der Waals surface area contributed by atoms with Gasteiger partial charge in [0.1, 0.15) is 0 Å². The molecule has 0 bridgehead atoms. The van der Waals surface area contributed by atoms with Crippen LogP contribution in [0.2, 0.25) is 0 Å². The topological polar surface area (TPSA) is 0 Å². The highest BCUT2D eigenvalue weighted by molar-refractivity contribution is 6.24. The fourth-order valence-corrected chi connectivity index (χ4v) is 16.6. The first-order valence-electron chi connectivity index (χ1n) is 33.6. The average molecular weight is 1220 g/mol. The number of benzene rings is 17. The Bertz CT molecular complexity index is 6170. The van der Waals surface area contributed by atoms with Crippen molar-refractivity contribution in [1.82, 2.24) is 0 Å². The van der Waals surface area contributed by atoms with Crippen LogP contribution in [-0.4, -0.2) is 0 Å². The van der Waals surface area contributed by atoms with Gasteiger partial charge in [0.2, 0.25) is 0 Å². The minimum atomic E-state index is 0.163. The zero-order valence-electron chi connectivity index (χ0n) is 52.8. The van der Waals surface area contributed by atoms with Crippen molar-refractivity contribution in [1.29, 1.82) is 0 Å². The Morgan fingerprint density at radius 1 is 0.156 bits per heavy atom. The summed E-state index contributed by atoms with van der Waals surface area (Å²) in [5, 5.41) is 20.2. The van der Waals surface area contributed by atoms with Crippen molar-refractivity contribution in [2.75, 3.05) is 0 Å². The zero-order chi connectivity index (χ0) is 63.2. The average Bonchev–Trinajstić information content (AvgIpc) is 0.737. The maximum absolute atomic E-state index is 2.44. The molecule has 446 valence electrons. The Labute approximate surface area is 558 Å². The summed E-state index contributed by atoms with van der Waals surface area (Å²) in [6, 6.07) is 127. The molecule has 2 atom stereocenters. The Morgan fingerprint density at radius 3 is 0.896 bits per heavy atom. The molecule has 2 unspecified atom stereocenters. The fraction of sp³-hybridized carbons (Fsp3) is 0.0208. The van der Waals surface area contributed by atoms with E-state index >= 15 is 0 Å². The normalized spacial score (nSPS) is 14.3. The quantitative estimate of drug-likeness (QED) is 0.126. The molecule has 0 heteroatoms. The van der Waals surface area contributed by atoms with Crippen LogP contribution in [0.4, 0.5) is 0 Å². The summed E-state index contributed by atoms with van der Waals surface area (Å²) in [4.78, 5) is 0. The molecule has 17 aromatic rings. The molecule has 2 aliphatic rings. The second-order valence-electron chi connectivity index (χ2n) is 25.9. The van der Waals surface area contributed by atoms with E-state index in [0.717, 1.165) is 0 Å². The van der Waals surface area contributed by atoms with Gasteiger partial charge in [0.15, 0.2) is 0 Å². The van der Waals surface area contributed by atoms with Crippen LogP contribution in [0, 0.1) is 11.8 Å². The third-order valence-electron chi connectivity index (χ3n) is 20.9. The Hall–Kier alpha value is -12.2. The Morgan fingerprint density at radius 2 is 0.438 bits per heavy atom. The predicted molar refractivity (Wildman–Crippen MR) is 409 cm³/mol. The third-order valence-corrected chi connectivity index (χ3v) is 20.9. The van der Waals surface area contributed by atoms with Crippen molar-refractivity contribution in [3.63, 3.8) is 0 Å². The van der Waals surface area contributed by atoms with E-state index < -0.39 is 0 Å². The van der Waals surface area contributed by atoms with Crippen LogP contribution in [-0.2, 0) is 0 Å². The standard InChI is InChI=1S/C96H62/c1-3-25-69-61(21-1)23-19-41-70(69)63-47-51-67(52-48-63)94-86-35-13-17-39-90(86)96(91-40-18-14-36-87(91)94)92-60-57-74(77-29-7-10-32-80(77)92)65-45-43-64(44-46-65)72-55-58-81(78-30-8-5-27-75(72)78)82-59-56-73(76-28-6-9-31-79(76)82)66-49-53-68(54-50-66)93-84-33-11-15-37-88(84)95(89-38-16-12-34-85(89)93)83-42-20-24-62-22-2-4-26-71(62)83/h1-60,86,90H. The third kappa shape index (κ3) is 8.98. The number of hydrogen-bond donors (Lipinski definition) is 0. The maximum Gasteiger partial charge on any atom is 0.0137 e. The lowest BCUT2D eigenvalue weighted by molar-refractivity contribution is 0.687. The van der Waals surface area contributed by atoms with Crippen molar-refractivity contribution in [2.24, 2.45) is 11.8 Å². The maximum atomic E-state index is 2.44. The van der Waals surface area contributed by atoms with Gasteiger partial charge in [0, 0.05) is 11.8 Å². The molecule has 0 aromatic heterocycles. The van der Waals surface area contributed by atoms with Crippen LogP contribution < -0.4 is 10.4 Å². The minimum Gasteiger partial charge on any atom is -0.0760 e. The van der Waals surface area contributed by atoms with E-state index in [2.05, 4.69) is 364 Å². The zero-order valence-corrected chi connectivity index (χ0v) is 52.8. The smallest absolute Gasteiger partial charge is 0.0137 e. The van der Waals surface area contributed by atoms with Crippen LogP contribution in [0.5, 0.6) is 0 Å². The Kier molecular flexibility index (Phi) is 13.2. The van der Waals surface area contributed by atoms with Crippen molar-refractivity contribution in [2.45, 2.75) is 0 Å². The molecule has 0 heterocycles. The van der Waals surface area contributed by atoms with Gasteiger partial charge in [-0.1, -0.05) is 364 Å². The van der Waals surface area contributed by atoms with Gasteiger partial charge in [0.05, 0.1) is 0 Å². The molecule has 0 amide bonds. The first kappa shape index (κ1) is 55.4. The van der Waals surface area contributed by atoms with Crippen LogP contribution in [0.3, 0.4) is 0 Å². The summed E-state index contributed by atoms with van der Waals surface area (Å²) in [5.41, 5.74) is 22.6. The van der Waals surface area contributed by atoms with E-state index in [4.69, 9.17) is 0 Å². The second-order valence-corrected chi connectivity index (χ2v) is 25.9. The van der Waals surface area contributed by atoms with Gasteiger partial charge < -0.3 is 0 Å². The number of fused-ring (bicyclic) bond motifs is 9. The monoisotopic (exact) mass is 1210 g/mol. The lowest BCUT2D eigenvalue weighted by Crippen LogP contribution is -2.40. The van der Waals surface area contributed by atoms with E-state index in [1.807, 2.05) is 0 Å².